The minimum absolute atomic E-state index is 0.245. The first-order valence-corrected chi connectivity index (χ1v) is 6.27. The van der Waals surface area contributed by atoms with E-state index in [4.69, 9.17) is 0 Å². The highest BCUT2D eigenvalue weighted by molar-refractivity contribution is 5.93. The number of fused-ring (bicyclic) bond motifs is 1. The molecule has 4 heteroatoms. The first kappa shape index (κ1) is 12.4. The lowest BCUT2D eigenvalue weighted by Crippen LogP contribution is -1.94. The molecule has 20 heavy (non-hydrogen) atoms. The van der Waals surface area contributed by atoms with Crippen molar-refractivity contribution in [1.29, 1.82) is 0 Å². The highest BCUT2D eigenvalue weighted by Gasteiger charge is 2.08. The van der Waals surface area contributed by atoms with Crippen LogP contribution in [-0.4, -0.2) is 11.4 Å². The van der Waals surface area contributed by atoms with E-state index in [1.165, 1.54) is 12.1 Å². The molecule has 1 heterocycles. The molecule has 2 aromatic carbocycles. The third-order valence-electron chi connectivity index (χ3n) is 3.44. The second kappa shape index (κ2) is 4.81. The molecule has 1 aromatic heterocycles. The average molecular weight is 268 g/mol. The van der Waals surface area contributed by atoms with E-state index in [1.807, 2.05) is 25.1 Å². The largest absolute Gasteiger partial charge is 0.341 e. The van der Waals surface area contributed by atoms with E-state index in [-0.39, 0.29) is 5.82 Å². The van der Waals surface area contributed by atoms with Gasteiger partial charge in [-0.05, 0) is 47.9 Å². The molecule has 2 N–H and O–H groups in total. The normalized spacial score (nSPS) is 10.7. The van der Waals surface area contributed by atoms with E-state index in [0.717, 1.165) is 27.6 Å². The van der Waals surface area contributed by atoms with Gasteiger partial charge in [0.15, 0.2) is 0 Å². The van der Waals surface area contributed by atoms with E-state index in [1.54, 1.807) is 12.1 Å². The number of carbonyl (C=O) groups excluding carboxylic acids is 1. The van der Waals surface area contributed by atoms with Crippen LogP contribution in [0.2, 0.25) is 0 Å². The number of nitrogens with one attached hydrogen (secondary N) is 2. The molecule has 0 saturated carbocycles. The van der Waals surface area contributed by atoms with Crippen LogP contribution in [0.4, 0.5) is 10.2 Å². The van der Waals surface area contributed by atoms with Crippen molar-refractivity contribution >= 4 is 23.1 Å². The fraction of sp³-hybridized carbons (Fsp3) is 0.0625. The topological polar surface area (TPSA) is 44.9 Å². The second-order valence-electron chi connectivity index (χ2n) is 4.65. The van der Waals surface area contributed by atoms with Gasteiger partial charge in [-0.2, -0.15) is 0 Å². The van der Waals surface area contributed by atoms with Crippen LogP contribution in [-0.2, 0) is 4.79 Å². The number of amides is 1. The van der Waals surface area contributed by atoms with Crippen molar-refractivity contribution in [2.45, 2.75) is 6.92 Å². The monoisotopic (exact) mass is 268 g/mol. The second-order valence-corrected chi connectivity index (χ2v) is 4.65. The number of halogens is 1. The first-order chi connectivity index (χ1) is 9.69. The number of hydrogen-bond donors (Lipinski definition) is 2. The van der Waals surface area contributed by atoms with Crippen LogP contribution in [0, 0.1) is 12.7 Å². The first-order valence-electron chi connectivity index (χ1n) is 6.27. The number of anilines is 1. The Morgan fingerprint density at radius 3 is 2.50 bits per heavy atom. The Hall–Kier alpha value is -2.62. The molecule has 0 bridgehead atoms. The maximum absolute atomic E-state index is 13.0. The third kappa shape index (κ3) is 2.05. The zero-order valence-electron chi connectivity index (χ0n) is 10.9. The van der Waals surface area contributed by atoms with Crippen molar-refractivity contribution in [1.82, 2.24) is 4.98 Å². The fourth-order valence-corrected chi connectivity index (χ4v) is 2.35. The number of benzene rings is 2. The summed E-state index contributed by atoms with van der Waals surface area (Å²) in [7, 11) is 0. The molecule has 0 fully saturated rings. The maximum atomic E-state index is 13.0. The Morgan fingerprint density at radius 2 is 1.80 bits per heavy atom. The molecule has 0 spiro atoms. The molecule has 3 rings (SSSR count). The predicted molar refractivity (Wildman–Crippen MR) is 78.1 cm³/mol. The molecule has 100 valence electrons. The fourth-order valence-electron chi connectivity index (χ4n) is 2.35. The van der Waals surface area contributed by atoms with Crippen molar-refractivity contribution in [2.75, 3.05) is 5.32 Å². The summed E-state index contributed by atoms with van der Waals surface area (Å²) < 4.78 is 13.0. The Kier molecular flexibility index (Phi) is 2.99. The number of aromatic nitrogens is 1. The molecular formula is C16H13FN2O. The van der Waals surface area contributed by atoms with Crippen LogP contribution in [0.1, 0.15) is 5.56 Å². The number of rotatable bonds is 3. The number of hydrogen-bond acceptors (Lipinski definition) is 1. The molecule has 0 aliphatic carbocycles. The zero-order valence-corrected chi connectivity index (χ0v) is 10.9. The quantitative estimate of drug-likeness (QED) is 0.696. The third-order valence-corrected chi connectivity index (χ3v) is 3.44. The van der Waals surface area contributed by atoms with Crippen LogP contribution in [0.15, 0.2) is 42.5 Å². The molecule has 0 saturated heterocycles. The average Bonchev–Trinajstić information content (AvgIpc) is 2.77. The van der Waals surface area contributed by atoms with Gasteiger partial charge in [-0.1, -0.05) is 18.2 Å². The molecule has 1 amide bonds. The van der Waals surface area contributed by atoms with Gasteiger partial charge in [0.2, 0.25) is 6.41 Å². The maximum Gasteiger partial charge on any atom is 0.212 e. The van der Waals surface area contributed by atoms with Gasteiger partial charge in [0, 0.05) is 10.9 Å². The highest BCUT2D eigenvalue weighted by Crippen LogP contribution is 2.29. The molecule has 0 aliphatic heterocycles. The summed E-state index contributed by atoms with van der Waals surface area (Å²) in [6.45, 7) is 1.94. The molecule has 3 nitrogen and oxygen atoms in total. The van der Waals surface area contributed by atoms with Gasteiger partial charge in [-0.15, -0.1) is 0 Å². The van der Waals surface area contributed by atoms with Gasteiger partial charge < -0.3 is 10.3 Å². The van der Waals surface area contributed by atoms with E-state index in [9.17, 15) is 9.18 Å². The summed E-state index contributed by atoms with van der Waals surface area (Å²) in [6.07, 6.45) is 0.651. The van der Waals surface area contributed by atoms with E-state index >= 15 is 0 Å². The van der Waals surface area contributed by atoms with Gasteiger partial charge >= 0.3 is 0 Å². The van der Waals surface area contributed by atoms with Gasteiger partial charge in [0.25, 0.3) is 0 Å². The summed E-state index contributed by atoms with van der Waals surface area (Å²) in [6, 6.07) is 12.4. The molecule has 3 aromatic rings. The predicted octanol–water partition coefficient (Wildman–Crippen LogP) is 3.85. The summed E-state index contributed by atoms with van der Waals surface area (Å²) in [5.41, 5.74) is 3.91. The summed E-state index contributed by atoms with van der Waals surface area (Å²) in [4.78, 5) is 13.7. The highest BCUT2D eigenvalue weighted by atomic mass is 19.1. The molecular weight excluding hydrogens is 255 g/mol. The Balaban J connectivity index is 2.12. The smallest absolute Gasteiger partial charge is 0.212 e. The SMILES string of the molecule is Cc1c(NC=O)[nH]c2ccc(-c3ccc(F)cc3)cc12. The lowest BCUT2D eigenvalue weighted by molar-refractivity contribution is -0.105. The lowest BCUT2D eigenvalue weighted by Gasteiger charge is -2.02. The number of aryl methyl sites for hydroxylation is 1. The van der Waals surface area contributed by atoms with Crippen LogP contribution in [0.3, 0.4) is 0 Å². The Labute approximate surface area is 115 Å². The minimum atomic E-state index is -0.245. The van der Waals surface area contributed by atoms with Crippen LogP contribution >= 0.6 is 0 Å². The van der Waals surface area contributed by atoms with Crippen molar-refractivity contribution in [3.8, 4) is 11.1 Å². The van der Waals surface area contributed by atoms with E-state index in [0.29, 0.717) is 12.2 Å². The van der Waals surface area contributed by atoms with Crippen LogP contribution in [0.5, 0.6) is 0 Å². The summed E-state index contributed by atoms with van der Waals surface area (Å²) >= 11 is 0. The van der Waals surface area contributed by atoms with Crippen LogP contribution < -0.4 is 5.32 Å². The van der Waals surface area contributed by atoms with Crippen LogP contribution in [0.25, 0.3) is 22.0 Å². The number of carbonyl (C=O) groups is 1. The van der Waals surface area contributed by atoms with Gasteiger partial charge in [0.05, 0.1) is 0 Å². The number of aromatic amines is 1. The molecule has 0 radical (unpaired) electrons. The molecule has 0 unspecified atom stereocenters. The van der Waals surface area contributed by atoms with Crippen molar-refractivity contribution in [3.05, 3.63) is 53.8 Å². The van der Waals surface area contributed by atoms with Gasteiger partial charge in [0.1, 0.15) is 11.6 Å². The van der Waals surface area contributed by atoms with Crippen molar-refractivity contribution < 1.29 is 9.18 Å². The molecule has 0 atom stereocenters. The van der Waals surface area contributed by atoms with Crippen molar-refractivity contribution in [2.24, 2.45) is 0 Å². The van der Waals surface area contributed by atoms with E-state index in [2.05, 4.69) is 10.3 Å². The molecule has 0 aliphatic rings. The minimum Gasteiger partial charge on any atom is -0.341 e. The number of H-pyrrole nitrogens is 1. The zero-order chi connectivity index (χ0) is 14.1. The Bertz CT molecular complexity index is 775. The lowest BCUT2D eigenvalue weighted by atomic mass is 10.0. The van der Waals surface area contributed by atoms with Gasteiger partial charge in [-0.3, -0.25) is 4.79 Å². The Morgan fingerprint density at radius 1 is 1.10 bits per heavy atom. The van der Waals surface area contributed by atoms with E-state index < -0.39 is 0 Å². The summed E-state index contributed by atoms with van der Waals surface area (Å²) in [5, 5.41) is 3.68. The standard InChI is InChI=1S/C16H13FN2O/c1-10-14-8-12(11-2-5-13(17)6-3-11)4-7-15(14)19-16(10)18-9-20/h2-9,19H,1H3,(H,18,20). The van der Waals surface area contributed by atoms with Crippen molar-refractivity contribution in [3.63, 3.8) is 0 Å². The van der Waals surface area contributed by atoms with Gasteiger partial charge in [-0.25, -0.2) is 4.39 Å². The summed E-state index contributed by atoms with van der Waals surface area (Å²) in [5.74, 6) is 0.455.